The van der Waals surface area contributed by atoms with Gasteiger partial charge in [-0.2, -0.15) is 0 Å². The van der Waals surface area contributed by atoms with E-state index in [2.05, 4.69) is 10.6 Å². The Labute approximate surface area is 258 Å². The predicted molar refractivity (Wildman–Crippen MR) is 167 cm³/mol. The molecule has 0 spiro atoms. The van der Waals surface area contributed by atoms with Crippen LogP contribution in [0.3, 0.4) is 0 Å². The number of amides is 3. The quantitative estimate of drug-likeness (QED) is 0.204. The van der Waals surface area contributed by atoms with Gasteiger partial charge in [-0.3, -0.25) is 14.4 Å². The number of nitrogens with one attached hydrogen (secondary N) is 2. The van der Waals surface area contributed by atoms with Gasteiger partial charge >= 0.3 is 0 Å². The van der Waals surface area contributed by atoms with Crippen molar-refractivity contribution in [2.24, 2.45) is 0 Å². The molecule has 44 heavy (non-hydrogen) atoms. The third kappa shape index (κ3) is 10.9. The number of benzene rings is 3. The zero-order chi connectivity index (χ0) is 32.1. The number of hydrogen-bond acceptors (Lipinski definition) is 4. The first-order valence-corrected chi connectivity index (χ1v) is 15.2. The average molecular weight is 608 g/mol. The number of rotatable bonds is 16. The monoisotopic (exact) mass is 607 g/mol. The first-order valence-electron chi connectivity index (χ1n) is 15.2. The molecule has 0 aliphatic carbocycles. The third-order valence-electron chi connectivity index (χ3n) is 7.27. The van der Waals surface area contributed by atoms with Gasteiger partial charge in [0.25, 0.3) is 11.8 Å². The van der Waals surface area contributed by atoms with Crippen molar-refractivity contribution in [1.29, 1.82) is 0 Å². The van der Waals surface area contributed by atoms with Gasteiger partial charge in [0.05, 0.1) is 12.1 Å². The Kier molecular flexibility index (Phi) is 13.5. The predicted octanol–water partition coefficient (Wildman–Crippen LogP) is 5.38. The smallest absolute Gasteiger partial charge is 0.253 e. The van der Waals surface area contributed by atoms with Crippen LogP contribution in [0.1, 0.15) is 76.9 Å². The molecule has 3 amide bonds. The van der Waals surface area contributed by atoms with Crippen LogP contribution >= 0.6 is 0 Å². The van der Waals surface area contributed by atoms with E-state index in [1.807, 2.05) is 44.2 Å². The van der Waals surface area contributed by atoms with Crippen LogP contribution in [0.25, 0.3) is 0 Å². The Morgan fingerprint density at radius 3 is 2.14 bits per heavy atom. The maximum absolute atomic E-state index is 14.0. The van der Waals surface area contributed by atoms with E-state index in [0.717, 1.165) is 42.2 Å². The summed E-state index contributed by atoms with van der Waals surface area (Å²) in [4.78, 5) is 40.8. The molecule has 3 N–H and O–H groups in total. The number of carbonyl (C=O) groups is 3. The molecule has 0 bridgehead atoms. The molecule has 0 radical (unpaired) electrons. The number of carbonyl (C=O) groups excluding carboxylic acids is 3. The lowest BCUT2D eigenvalue weighted by Gasteiger charge is -2.25. The number of aliphatic hydroxyl groups is 1. The molecule has 7 nitrogen and oxygen atoms in total. The highest BCUT2D eigenvalue weighted by atomic mass is 19.1. The molecule has 3 aromatic rings. The topological polar surface area (TPSA) is 98.7 Å². The van der Waals surface area contributed by atoms with Crippen LogP contribution in [-0.2, 0) is 17.6 Å². The lowest BCUT2D eigenvalue weighted by atomic mass is 9.97. The molecule has 0 fully saturated rings. The first-order chi connectivity index (χ1) is 21.1. The van der Waals surface area contributed by atoms with Crippen molar-refractivity contribution in [1.82, 2.24) is 15.5 Å². The molecule has 0 unspecified atom stereocenters. The molecule has 0 heterocycles. The van der Waals surface area contributed by atoms with Crippen LogP contribution in [0, 0.1) is 18.6 Å². The van der Waals surface area contributed by atoms with Gasteiger partial charge in [-0.1, -0.05) is 44.2 Å². The zero-order valence-electron chi connectivity index (χ0n) is 25.7. The van der Waals surface area contributed by atoms with Crippen molar-refractivity contribution in [3.63, 3.8) is 0 Å². The van der Waals surface area contributed by atoms with Gasteiger partial charge < -0.3 is 20.6 Å². The molecular formula is C35H43F2N3O4. The standard InChI is InChI=1S/C35H43F2N3O4/c1-4-15-40(16-5-2)35(44)28-18-24(3)17-27(22-28)34(43)39-31(21-26-19-29(36)23-30(37)20-26)32(41)13-14-38-33(42)12-11-25-9-7-6-8-10-25/h6-10,17-20,22-23,31-32,41H,4-5,11-16,21H2,1-3H3,(H,38,42)(H,39,43)/t31-,32+/m0/s1. The SMILES string of the molecule is CCCN(CCC)C(=O)c1cc(C)cc(C(=O)N[C@@H](Cc2cc(F)cc(F)c2)[C@H](O)CCNC(=O)CCc2ccccc2)c1. The number of aliphatic hydroxyl groups excluding tert-OH is 1. The van der Waals surface area contributed by atoms with E-state index in [4.69, 9.17) is 0 Å². The maximum Gasteiger partial charge on any atom is 0.253 e. The molecule has 0 saturated carbocycles. The van der Waals surface area contributed by atoms with Crippen molar-refractivity contribution in [3.05, 3.63) is 106 Å². The second kappa shape index (κ2) is 17.3. The van der Waals surface area contributed by atoms with E-state index < -0.39 is 29.7 Å². The fourth-order valence-electron chi connectivity index (χ4n) is 5.14. The van der Waals surface area contributed by atoms with Crippen molar-refractivity contribution in [2.45, 2.75) is 71.4 Å². The number of halogens is 2. The van der Waals surface area contributed by atoms with Gasteiger partial charge in [-0.25, -0.2) is 8.78 Å². The molecule has 0 aliphatic heterocycles. The number of hydrogen-bond donors (Lipinski definition) is 3. The number of nitrogens with zero attached hydrogens (tertiary/aromatic N) is 1. The summed E-state index contributed by atoms with van der Waals surface area (Å²) in [7, 11) is 0. The molecular weight excluding hydrogens is 564 g/mol. The molecule has 0 saturated heterocycles. The van der Waals surface area contributed by atoms with Crippen LogP contribution in [0.2, 0.25) is 0 Å². The fourth-order valence-corrected chi connectivity index (χ4v) is 5.14. The Morgan fingerprint density at radius 2 is 1.50 bits per heavy atom. The second-order valence-corrected chi connectivity index (χ2v) is 11.1. The van der Waals surface area contributed by atoms with E-state index in [9.17, 15) is 28.3 Å². The Bertz CT molecular complexity index is 1370. The normalized spacial score (nSPS) is 12.3. The highest BCUT2D eigenvalue weighted by Gasteiger charge is 2.24. The van der Waals surface area contributed by atoms with Gasteiger partial charge in [-0.15, -0.1) is 0 Å². The largest absolute Gasteiger partial charge is 0.391 e. The maximum atomic E-state index is 14.0. The molecule has 0 aliphatic rings. The third-order valence-corrected chi connectivity index (χ3v) is 7.27. The second-order valence-electron chi connectivity index (χ2n) is 11.1. The van der Waals surface area contributed by atoms with E-state index in [1.54, 1.807) is 24.0 Å². The van der Waals surface area contributed by atoms with E-state index >= 15 is 0 Å². The molecule has 3 aromatic carbocycles. The van der Waals surface area contributed by atoms with Crippen LogP contribution in [-0.4, -0.2) is 59.5 Å². The zero-order valence-corrected chi connectivity index (χ0v) is 25.7. The first kappa shape index (κ1) is 34.4. The molecule has 9 heteroatoms. The minimum absolute atomic E-state index is 0.0536. The summed E-state index contributed by atoms with van der Waals surface area (Å²) in [6.45, 7) is 7.13. The van der Waals surface area contributed by atoms with E-state index in [1.165, 1.54) is 6.07 Å². The summed E-state index contributed by atoms with van der Waals surface area (Å²) in [6.07, 6.45) is 1.37. The van der Waals surface area contributed by atoms with Gasteiger partial charge in [0.2, 0.25) is 5.91 Å². The lowest BCUT2D eigenvalue weighted by Crippen LogP contribution is -2.46. The number of aryl methyl sites for hydroxylation is 2. The van der Waals surface area contributed by atoms with Crippen LogP contribution in [0.15, 0.2) is 66.7 Å². The summed E-state index contributed by atoms with van der Waals surface area (Å²) in [6, 6.07) is 16.7. The van der Waals surface area contributed by atoms with Crippen molar-refractivity contribution in [2.75, 3.05) is 19.6 Å². The minimum Gasteiger partial charge on any atom is -0.391 e. The van der Waals surface area contributed by atoms with Gasteiger partial charge in [0.15, 0.2) is 0 Å². The van der Waals surface area contributed by atoms with Gasteiger partial charge in [-0.05, 0) is 86.1 Å². The summed E-state index contributed by atoms with van der Waals surface area (Å²) in [5.74, 6) is -2.41. The summed E-state index contributed by atoms with van der Waals surface area (Å²) < 4.78 is 27.9. The molecule has 3 rings (SSSR count). The molecule has 2 atom stereocenters. The molecule has 236 valence electrons. The van der Waals surface area contributed by atoms with Crippen LogP contribution < -0.4 is 10.6 Å². The van der Waals surface area contributed by atoms with E-state index in [0.29, 0.717) is 25.1 Å². The van der Waals surface area contributed by atoms with Crippen molar-refractivity contribution < 1.29 is 28.3 Å². The average Bonchev–Trinajstić information content (AvgIpc) is 2.99. The fraction of sp³-hybridized carbons (Fsp3) is 0.400. The van der Waals surface area contributed by atoms with Crippen molar-refractivity contribution >= 4 is 17.7 Å². The van der Waals surface area contributed by atoms with E-state index in [-0.39, 0.29) is 48.7 Å². The van der Waals surface area contributed by atoms with Crippen LogP contribution in [0.4, 0.5) is 8.78 Å². The lowest BCUT2D eigenvalue weighted by molar-refractivity contribution is -0.121. The summed E-state index contributed by atoms with van der Waals surface area (Å²) in [5, 5.41) is 16.7. The van der Waals surface area contributed by atoms with Crippen molar-refractivity contribution in [3.8, 4) is 0 Å². The van der Waals surface area contributed by atoms with Gasteiger partial charge in [0, 0.05) is 43.2 Å². The molecule has 0 aromatic heterocycles. The van der Waals surface area contributed by atoms with Crippen LogP contribution in [0.5, 0.6) is 0 Å². The highest BCUT2D eigenvalue weighted by molar-refractivity contribution is 6.00. The highest BCUT2D eigenvalue weighted by Crippen LogP contribution is 2.17. The Hall–Kier alpha value is -4.11. The van der Waals surface area contributed by atoms with Gasteiger partial charge in [0.1, 0.15) is 11.6 Å². The Balaban J connectivity index is 1.73. The summed E-state index contributed by atoms with van der Waals surface area (Å²) in [5.41, 5.74) is 2.64. The summed E-state index contributed by atoms with van der Waals surface area (Å²) >= 11 is 0. The minimum atomic E-state index is -1.14. The Morgan fingerprint density at radius 1 is 0.864 bits per heavy atom.